The van der Waals surface area contributed by atoms with E-state index in [1.165, 1.54) is 4.90 Å². The molecule has 0 radical (unpaired) electrons. The predicted octanol–water partition coefficient (Wildman–Crippen LogP) is 2.81. The van der Waals surface area contributed by atoms with Crippen LogP contribution in [-0.2, 0) is 0 Å². The Bertz CT molecular complexity index is 253. The maximum absolute atomic E-state index is 12.5. The van der Waals surface area contributed by atoms with Gasteiger partial charge in [0.05, 0.1) is 12.6 Å². The van der Waals surface area contributed by atoms with Gasteiger partial charge in [-0.3, -0.25) is 4.90 Å². The summed E-state index contributed by atoms with van der Waals surface area (Å²) >= 11 is 0. The molecule has 1 N–H and O–H groups in total. The third-order valence-electron chi connectivity index (χ3n) is 3.61. The summed E-state index contributed by atoms with van der Waals surface area (Å²) in [6.07, 6.45) is -2.78. The summed E-state index contributed by atoms with van der Waals surface area (Å²) in [5.41, 5.74) is -0.276. The van der Waals surface area contributed by atoms with E-state index in [0.29, 0.717) is 19.4 Å². The highest BCUT2D eigenvalue weighted by Crippen LogP contribution is 2.40. The average molecular weight is 253 g/mol. The molecule has 0 aromatic rings. The smallest absolute Gasteiger partial charge is 0.391 e. The predicted molar refractivity (Wildman–Crippen MR) is 60.7 cm³/mol. The summed E-state index contributed by atoms with van der Waals surface area (Å²) in [6, 6.07) is -0.355. The topological polar surface area (TPSA) is 23.5 Å². The van der Waals surface area contributed by atoms with Crippen LogP contribution in [-0.4, -0.2) is 41.4 Å². The lowest BCUT2D eigenvalue weighted by molar-refractivity contribution is -0.156. The van der Waals surface area contributed by atoms with E-state index < -0.39 is 18.8 Å². The molecule has 1 aliphatic rings. The fourth-order valence-corrected chi connectivity index (χ4v) is 2.61. The molecule has 1 aliphatic carbocycles. The average Bonchev–Trinajstić information content (AvgIpc) is 2.40. The minimum atomic E-state index is -4.19. The third kappa shape index (κ3) is 3.85. The van der Waals surface area contributed by atoms with Crippen molar-refractivity contribution in [2.75, 3.05) is 13.1 Å². The van der Waals surface area contributed by atoms with Crippen molar-refractivity contribution in [3.8, 4) is 0 Å². The molecule has 0 spiro atoms. The van der Waals surface area contributed by atoms with Crippen molar-refractivity contribution in [2.24, 2.45) is 5.41 Å². The monoisotopic (exact) mass is 253 g/mol. The van der Waals surface area contributed by atoms with Crippen LogP contribution in [0.15, 0.2) is 0 Å². The van der Waals surface area contributed by atoms with Crippen molar-refractivity contribution < 1.29 is 18.3 Å². The fraction of sp³-hybridized carbons (Fsp3) is 1.00. The molecule has 1 fully saturated rings. The first kappa shape index (κ1) is 14.8. The van der Waals surface area contributed by atoms with E-state index in [2.05, 4.69) is 0 Å². The lowest BCUT2D eigenvalue weighted by Gasteiger charge is -2.34. The van der Waals surface area contributed by atoms with E-state index in [1.807, 2.05) is 20.8 Å². The molecule has 2 unspecified atom stereocenters. The Morgan fingerprint density at radius 1 is 1.35 bits per heavy atom. The Hall–Kier alpha value is -0.290. The van der Waals surface area contributed by atoms with E-state index in [4.69, 9.17) is 0 Å². The Morgan fingerprint density at radius 2 is 1.94 bits per heavy atom. The summed E-state index contributed by atoms with van der Waals surface area (Å²) in [4.78, 5) is 1.39. The van der Waals surface area contributed by atoms with Crippen LogP contribution >= 0.6 is 0 Å². The highest BCUT2D eigenvalue weighted by atomic mass is 19.4. The fourth-order valence-electron chi connectivity index (χ4n) is 2.61. The highest BCUT2D eigenvalue weighted by Gasteiger charge is 2.45. The van der Waals surface area contributed by atoms with Gasteiger partial charge < -0.3 is 5.11 Å². The van der Waals surface area contributed by atoms with E-state index in [9.17, 15) is 18.3 Å². The van der Waals surface area contributed by atoms with Crippen LogP contribution in [0.1, 0.15) is 40.0 Å². The van der Waals surface area contributed by atoms with Crippen LogP contribution in [0.3, 0.4) is 0 Å². The van der Waals surface area contributed by atoms with E-state index in [1.54, 1.807) is 0 Å². The SMILES string of the molecule is CCCN(CC(F)(F)F)C1CCC(C)(C)C1O. The zero-order chi connectivity index (χ0) is 13.3. The molecule has 2 atom stereocenters. The zero-order valence-corrected chi connectivity index (χ0v) is 10.7. The van der Waals surface area contributed by atoms with E-state index >= 15 is 0 Å². The number of hydrogen-bond acceptors (Lipinski definition) is 2. The first-order valence-corrected chi connectivity index (χ1v) is 6.16. The largest absolute Gasteiger partial charge is 0.401 e. The standard InChI is InChI=1S/C12H22F3NO/c1-4-7-16(8-12(13,14)15)9-5-6-11(2,3)10(9)17/h9-10,17H,4-8H2,1-3H3. The van der Waals surface area contributed by atoms with Crippen molar-refractivity contribution in [3.63, 3.8) is 0 Å². The molecule has 17 heavy (non-hydrogen) atoms. The Morgan fingerprint density at radius 3 is 2.29 bits per heavy atom. The normalized spacial score (nSPS) is 28.9. The minimum absolute atomic E-state index is 0.276. The van der Waals surface area contributed by atoms with Gasteiger partial charge in [-0.15, -0.1) is 0 Å². The molecular formula is C12H22F3NO. The van der Waals surface area contributed by atoms with Crippen molar-refractivity contribution in [1.82, 2.24) is 4.90 Å². The van der Waals surface area contributed by atoms with Crippen LogP contribution in [0.25, 0.3) is 0 Å². The van der Waals surface area contributed by atoms with Gasteiger partial charge in [-0.25, -0.2) is 0 Å². The van der Waals surface area contributed by atoms with Gasteiger partial charge >= 0.3 is 6.18 Å². The van der Waals surface area contributed by atoms with E-state index in [0.717, 1.165) is 6.42 Å². The molecular weight excluding hydrogens is 231 g/mol. The molecule has 0 saturated heterocycles. The Kier molecular flexibility index (Phi) is 4.47. The van der Waals surface area contributed by atoms with Crippen LogP contribution in [0.4, 0.5) is 13.2 Å². The minimum Gasteiger partial charge on any atom is -0.391 e. The lowest BCUT2D eigenvalue weighted by atomic mass is 9.88. The number of aliphatic hydroxyl groups is 1. The van der Waals surface area contributed by atoms with Crippen LogP contribution in [0.2, 0.25) is 0 Å². The number of hydrogen-bond donors (Lipinski definition) is 1. The van der Waals surface area contributed by atoms with Crippen LogP contribution in [0, 0.1) is 5.41 Å². The molecule has 2 nitrogen and oxygen atoms in total. The highest BCUT2D eigenvalue weighted by molar-refractivity contribution is 4.96. The first-order valence-electron chi connectivity index (χ1n) is 6.16. The molecule has 0 aromatic carbocycles. The summed E-state index contributed by atoms with van der Waals surface area (Å²) in [6.45, 7) is 5.15. The molecule has 1 rings (SSSR count). The first-order chi connectivity index (χ1) is 7.67. The molecule has 0 aromatic heterocycles. The number of halogens is 3. The second kappa shape index (κ2) is 5.14. The maximum Gasteiger partial charge on any atom is 0.401 e. The van der Waals surface area contributed by atoms with Gasteiger partial charge in [-0.05, 0) is 31.2 Å². The van der Waals surface area contributed by atoms with Crippen molar-refractivity contribution in [1.29, 1.82) is 0 Å². The zero-order valence-electron chi connectivity index (χ0n) is 10.7. The molecule has 102 valence electrons. The van der Waals surface area contributed by atoms with Gasteiger partial charge in [0.1, 0.15) is 0 Å². The second-order valence-corrected chi connectivity index (χ2v) is 5.63. The molecule has 0 bridgehead atoms. The summed E-state index contributed by atoms with van der Waals surface area (Å²) < 4.78 is 37.4. The number of aliphatic hydroxyl groups excluding tert-OH is 1. The molecule has 0 amide bonds. The lowest BCUT2D eigenvalue weighted by Crippen LogP contribution is -2.48. The molecule has 0 aliphatic heterocycles. The van der Waals surface area contributed by atoms with Crippen molar-refractivity contribution in [3.05, 3.63) is 0 Å². The van der Waals surface area contributed by atoms with Gasteiger partial charge in [-0.2, -0.15) is 13.2 Å². The molecule has 5 heteroatoms. The van der Waals surface area contributed by atoms with Gasteiger partial charge in [0.2, 0.25) is 0 Å². The quantitative estimate of drug-likeness (QED) is 0.832. The number of nitrogens with zero attached hydrogens (tertiary/aromatic N) is 1. The van der Waals surface area contributed by atoms with Crippen LogP contribution in [0.5, 0.6) is 0 Å². The van der Waals surface area contributed by atoms with Crippen molar-refractivity contribution in [2.45, 2.75) is 58.4 Å². The van der Waals surface area contributed by atoms with Gasteiger partial charge in [0.15, 0.2) is 0 Å². The number of alkyl halides is 3. The van der Waals surface area contributed by atoms with Crippen LogP contribution < -0.4 is 0 Å². The third-order valence-corrected chi connectivity index (χ3v) is 3.61. The maximum atomic E-state index is 12.5. The van der Waals surface area contributed by atoms with Gasteiger partial charge in [0.25, 0.3) is 0 Å². The number of rotatable bonds is 4. The summed E-state index contributed by atoms with van der Waals surface area (Å²) in [7, 11) is 0. The summed E-state index contributed by atoms with van der Waals surface area (Å²) in [5.74, 6) is 0. The molecule has 0 heterocycles. The summed E-state index contributed by atoms with van der Waals surface area (Å²) in [5, 5.41) is 10.1. The Balaban J connectivity index is 2.72. The van der Waals surface area contributed by atoms with Crippen molar-refractivity contribution >= 4 is 0 Å². The Labute approximate surface area is 101 Å². The second-order valence-electron chi connectivity index (χ2n) is 5.63. The van der Waals surface area contributed by atoms with Gasteiger partial charge in [0, 0.05) is 6.04 Å². The van der Waals surface area contributed by atoms with Gasteiger partial charge in [-0.1, -0.05) is 20.8 Å². The van der Waals surface area contributed by atoms with E-state index in [-0.39, 0.29) is 11.5 Å². The molecule has 1 saturated carbocycles.